The maximum atomic E-state index is 13.7. The van der Waals surface area contributed by atoms with Crippen molar-refractivity contribution in [3.63, 3.8) is 0 Å². The van der Waals surface area contributed by atoms with Crippen LogP contribution in [0.5, 0.6) is 0 Å². The molecule has 0 saturated carbocycles. The summed E-state index contributed by atoms with van der Waals surface area (Å²) in [5.74, 6) is -0.832. The van der Waals surface area contributed by atoms with Crippen molar-refractivity contribution in [2.45, 2.75) is 19.0 Å². The Balaban J connectivity index is 2.73. The van der Waals surface area contributed by atoms with Gasteiger partial charge in [0.15, 0.2) is 0 Å². The van der Waals surface area contributed by atoms with Crippen LogP contribution in [-0.4, -0.2) is 18.7 Å². The number of carbonyl (C=O) groups excluding carboxylic acids is 1. The Labute approximate surface area is 82.7 Å². The third kappa shape index (κ3) is 2.55. The minimum Gasteiger partial charge on any atom is -0.467 e. The van der Waals surface area contributed by atoms with Crippen LogP contribution < -0.4 is 0 Å². The summed E-state index contributed by atoms with van der Waals surface area (Å²) in [6.45, 7) is 1.23. The Morgan fingerprint density at radius 2 is 2.00 bits per heavy atom. The molecule has 0 fully saturated rings. The van der Waals surface area contributed by atoms with Gasteiger partial charge in [-0.3, -0.25) is 0 Å². The number of ether oxygens (including phenoxy) is 1. The smallest absolute Gasteiger partial charge is 0.343 e. The number of methoxy groups -OCH3 is 1. The van der Waals surface area contributed by atoms with Gasteiger partial charge in [0.1, 0.15) is 0 Å². The number of esters is 1. The summed E-state index contributed by atoms with van der Waals surface area (Å²) >= 11 is 0. The predicted octanol–water partition coefficient (Wildman–Crippen LogP) is 2.13. The Hall–Kier alpha value is -1.38. The standard InChI is InChI=1S/C11H13FO2/c1-11(12,10(13)14-2)8-9-6-4-3-5-7-9/h3-7H,8H2,1-2H3/t11-/m1/s1. The SMILES string of the molecule is COC(=O)[C@](C)(F)Cc1ccccc1. The average molecular weight is 196 g/mol. The van der Waals surface area contributed by atoms with Gasteiger partial charge in [-0.2, -0.15) is 0 Å². The van der Waals surface area contributed by atoms with Gasteiger partial charge in [-0.1, -0.05) is 30.3 Å². The van der Waals surface area contributed by atoms with Crippen LogP contribution >= 0.6 is 0 Å². The molecular formula is C11H13FO2. The van der Waals surface area contributed by atoms with E-state index in [-0.39, 0.29) is 6.42 Å². The van der Waals surface area contributed by atoms with E-state index in [0.29, 0.717) is 0 Å². The summed E-state index contributed by atoms with van der Waals surface area (Å²) in [7, 11) is 1.19. The Morgan fingerprint density at radius 3 is 2.50 bits per heavy atom. The summed E-state index contributed by atoms with van der Waals surface area (Å²) < 4.78 is 18.1. The van der Waals surface area contributed by atoms with Crippen LogP contribution in [0, 0.1) is 0 Å². The molecule has 0 spiro atoms. The van der Waals surface area contributed by atoms with Crippen molar-refractivity contribution in [2.75, 3.05) is 7.11 Å². The van der Waals surface area contributed by atoms with Gasteiger partial charge >= 0.3 is 5.97 Å². The van der Waals surface area contributed by atoms with Crippen molar-refractivity contribution in [2.24, 2.45) is 0 Å². The van der Waals surface area contributed by atoms with Crippen molar-refractivity contribution < 1.29 is 13.9 Å². The fourth-order valence-corrected chi connectivity index (χ4v) is 1.26. The van der Waals surface area contributed by atoms with E-state index in [1.165, 1.54) is 14.0 Å². The molecule has 14 heavy (non-hydrogen) atoms. The zero-order chi connectivity index (χ0) is 10.6. The fraction of sp³-hybridized carbons (Fsp3) is 0.364. The highest BCUT2D eigenvalue weighted by Crippen LogP contribution is 2.18. The molecule has 0 radical (unpaired) electrons. The lowest BCUT2D eigenvalue weighted by molar-refractivity contribution is -0.153. The number of halogens is 1. The number of alkyl halides is 1. The van der Waals surface area contributed by atoms with Gasteiger partial charge in [-0.05, 0) is 12.5 Å². The summed E-state index contributed by atoms with van der Waals surface area (Å²) in [6, 6.07) is 9.02. The van der Waals surface area contributed by atoms with E-state index in [4.69, 9.17) is 0 Å². The molecule has 0 aliphatic heterocycles. The van der Waals surface area contributed by atoms with Gasteiger partial charge in [-0.25, -0.2) is 9.18 Å². The minimum absolute atomic E-state index is 0.0422. The Bertz CT molecular complexity index is 306. The first-order valence-electron chi connectivity index (χ1n) is 4.37. The highest BCUT2D eigenvalue weighted by molar-refractivity contribution is 5.79. The van der Waals surface area contributed by atoms with Gasteiger partial charge < -0.3 is 4.74 Å². The molecule has 0 aromatic heterocycles. The second-order valence-corrected chi connectivity index (χ2v) is 3.35. The lowest BCUT2D eigenvalue weighted by atomic mass is 9.98. The topological polar surface area (TPSA) is 26.3 Å². The molecule has 3 heteroatoms. The largest absolute Gasteiger partial charge is 0.467 e. The molecule has 1 aromatic rings. The van der Waals surface area contributed by atoms with Crippen molar-refractivity contribution in [3.8, 4) is 0 Å². The summed E-state index contributed by atoms with van der Waals surface area (Å²) in [6.07, 6.45) is 0.0422. The third-order valence-electron chi connectivity index (χ3n) is 1.99. The molecule has 1 aromatic carbocycles. The molecule has 0 N–H and O–H groups in total. The quantitative estimate of drug-likeness (QED) is 0.692. The van der Waals surface area contributed by atoms with Crippen molar-refractivity contribution in [1.29, 1.82) is 0 Å². The van der Waals surface area contributed by atoms with E-state index >= 15 is 0 Å². The molecule has 1 rings (SSSR count). The van der Waals surface area contributed by atoms with E-state index in [0.717, 1.165) is 5.56 Å². The lowest BCUT2D eigenvalue weighted by Crippen LogP contribution is -2.33. The molecule has 0 aliphatic rings. The Kier molecular flexibility index (Phi) is 3.23. The molecule has 1 atom stereocenters. The van der Waals surface area contributed by atoms with E-state index < -0.39 is 11.6 Å². The molecule has 2 nitrogen and oxygen atoms in total. The number of carbonyl (C=O) groups is 1. The predicted molar refractivity (Wildman–Crippen MR) is 51.7 cm³/mol. The molecular weight excluding hydrogens is 183 g/mol. The summed E-state index contributed by atoms with van der Waals surface area (Å²) in [5, 5.41) is 0. The first-order valence-corrected chi connectivity index (χ1v) is 4.37. The van der Waals surface area contributed by atoms with Gasteiger partial charge in [0.05, 0.1) is 7.11 Å². The number of hydrogen-bond donors (Lipinski definition) is 0. The highest BCUT2D eigenvalue weighted by atomic mass is 19.1. The van der Waals surface area contributed by atoms with Crippen LogP contribution in [0.15, 0.2) is 30.3 Å². The number of benzene rings is 1. The van der Waals surface area contributed by atoms with Gasteiger partial charge in [-0.15, -0.1) is 0 Å². The normalized spacial score (nSPS) is 14.5. The van der Waals surface area contributed by atoms with E-state index in [9.17, 15) is 9.18 Å². The molecule has 0 bridgehead atoms. The zero-order valence-corrected chi connectivity index (χ0v) is 8.29. The van der Waals surface area contributed by atoms with Gasteiger partial charge in [0.2, 0.25) is 5.67 Å². The number of rotatable bonds is 3. The maximum Gasteiger partial charge on any atom is 0.343 e. The lowest BCUT2D eigenvalue weighted by Gasteiger charge is -2.16. The van der Waals surface area contributed by atoms with E-state index in [2.05, 4.69) is 4.74 Å². The molecule has 76 valence electrons. The second kappa shape index (κ2) is 4.22. The number of hydrogen-bond acceptors (Lipinski definition) is 2. The van der Waals surface area contributed by atoms with Gasteiger partial charge in [0.25, 0.3) is 0 Å². The maximum absolute atomic E-state index is 13.7. The minimum atomic E-state index is -1.95. The van der Waals surface area contributed by atoms with E-state index in [1.54, 1.807) is 12.1 Å². The monoisotopic (exact) mass is 196 g/mol. The Morgan fingerprint density at radius 1 is 1.43 bits per heavy atom. The summed E-state index contributed by atoms with van der Waals surface area (Å²) in [4.78, 5) is 11.0. The average Bonchev–Trinajstić information content (AvgIpc) is 2.17. The first kappa shape index (κ1) is 10.7. The van der Waals surface area contributed by atoms with Crippen LogP contribution in [0.1, 0.15) is 12.5 Å². The fourth-order valence-electron chi connectivity index (χ4n) is 1.26. The molecule has 0 aliphatic carbocycles. The highest BCUT2D eigenvalue weighted by Gasteiger charge is 2.34. The van der Waals surface area contributed by atoms with Crippen LogP contribution in [-0.2, 0) is 16.0 Å². The molecule has 0 saturated heterocycles. The van der Waals surface area contributed by atoms with Crippen LogP contribution in [0.3, 0.4) is 0 Å². The van der Waals surface area contributed by atoms with Crippen LogP contribution in [0.2, 0.25) is 0 Å². The van der Waals surface area contributed by atoms with Gasteiger partial charge in [0, 0.05) is 6.42 Å². The van der Waals surface area contributed by atoms with Crippen LogP contribution in [0.4, 0.5) is 4.39 Å². The molecule has 0 unspecified atom stereocenters. The third-order valence-corrected chi connectivity index (χ3v) is 1.99. The molecule has 0 amide bonds. The zero-order valence-electron chi connectivity index (χ0n) is 8.29. The first-order chi connectivity index (χ1) is 6.56. The molecule has 0 heterocycles. The van der Waals surface area contributed by atoms with Crippen molar-refractivity contribution in [3.05, 3.63) is 35.9 Å². The van der Waals surface area contributed by atoms with Crippen molar-refractivity contribution >= 4 is 5.97 Å². The van der Waals surface area contributed by atoms with Crippen LogP contribution in [0.25, 0.3) is 0 Å². The summed E-state index contributed by atoms with van der Waals surface area (Å²) in [5.41, 5.74) is -1.17. The van der Waals surface area contributed by atoms with E-state index in [1.807, 2.05) is 18.2 Å². The second-order valence-electron chi connectivity index (χ2n) is 3.35. The van der Waals surface area contributed by atoms with Crippen molar-refractivity contribution in [1.82, 2.24) is 0 Å².